The summed E-state index contributed by atoms with van der Waals surface area (Å²) in [6.45, 7) is 1.37. The van der Waals surface area contributed by atoms with Crippen molar-refractivity contribution in [1.82, 2.24) is 9.88 Å². The number of nitrogens with one attached hydrogen (secondary N) is 1. The molecule has 7 heteroatoms. The number of carbonyl (C=O) groups is 3. The van der Waals surface area contributed by atoms with Crippen LogP contribution in [0.3, 0.4) is 0 Å². The average Bonchev–Trinajstić information content (AvgIpc) is 2.62. The molecular weight excluding hydrogens is 322 g/mol. The first-order valence-corrected chi connectivity index (χ1v) is 7.63. The summed E-state index contributed by atoms with van der Waals surface area (Å²) in [6, 6.07) is 10.5. The third-order valence-corrected chi connectivity index (χ3v) is 3.37. The van der Waals surface area contributed by atoms with Crippen molar-refractivity contribution in [2.45, 2.75) is 6.92 Å². The Morgan fingerprint density at radius 3 is 2.52 bits per heavy atom. The van der Waals surface area contributed by atoms with E-state index in [9.17, 15) is 14.4 Å². The van der Waals surface area contributed by atoms with Crippen molar-refractivity contribution in [2.75, 3.05) is 25.5 Å². The van der Waals surface area contributed by atoms with Crippen molar-refractivity contribution in [2.24, 2.45) is 0 Å². The number of aryl methyl sites for hydroxylation is 1. The van der Waals surface area contributed by atoms with E-state index in [0.717, 1.165) is 5.56 Å². The zero-order chi connectivity index (χ0) is 18.2. The predicted octanol–water partition coefficient (Wildman–Crippen LogP) is 1.64. The Kier molecular flexibility index (Phi) is 6.22. The Morgan fingerprint density at radius 1 is 1.16 bits per heavy atom. The number of hydrogen-bond donors (Lipinski definition) is 1. The van der Waals surface area contributed by atoms with Gasteiger partial charge in [-0.15, -0.1) is 0 Å². The maximum absolute atomic E-state index is 12.0. The molecule has 0 fully saturated rings. The van der Waals surface area contributed by atoms with Gasteiger partial charge in [-0.1, -0.05) is 17.7 Å². The molecule has 0 aliphatic heterocycles. The molecule has 1 aromatic heterocycles. The summed E-state index contributed by atoms with van der Waals surface area (Å²) in [5.74, 6) is -1.45. The van der Waals surface area contributed by atoms with Gasteiger partial charge in [0.15, 0.2) is 6.61 Å². The lowest BCUT2D eigenvalue weighted by molar-refractivity contribution is -0.136. The Balaban J connectivity index is 1.78. The van der Waals surface area contributed by atoms with E-state index in [1.54, 1.807) is 24.3 Å². The van der Waals surface area contributed by atoms with Crippen LogP contribution in [0.1, 0.15) is 15.9 Å². The fraction of sp³-hybridized carbons (Fsp3) is 0.222. The number of esters is 1. The lowest BCUT2D eigenvalue weighted by Gasteiger charge is -2.16. The second-order valence-electron chi connectivity index (χ2n) is 5.48. The molecule has 2 rings (SSSR count). The van der Waals surface area contributed by atoms with Crippen LogP contribution >= 0.6 is 0 Å². The molecule has 2 aromatic rings. The van der Waals surface area contributed by atoms with Gasteiger partial charge in [-0.25, -0.2) is 4.79 Å². The molecule has 0 saturated carbocycles. The van der Waals surface area contributed by atoms with E-state index in [-0.39, 0.29) is 18.0 Å². The van der Waals surface area contributed by atoms with Gasteiger partial charge in [-0.3, -0.25) is 14.6 Å². The number of aromatic nitrogens is 1. The summed E-state index contributed by atoms with van der Waals surface area (Å²) >= 11 is 0. The van der Waals surface area contributed by atoms with Crippen LogP contribution in [0.25, 0.3) is 0 Å². The van der Waals surface area contributed by atoms with Crippen LogP contribution in [0.2, 0.25) is 0 Å². The largest absolute Gasteiger partial charge is 0.452 e. The second kappa shape index (κ2) is 8.58. The van der Waals surface area contributed by atoms with Gasteiger partial charge < -0.3 is 15.0 Å². The molecule has 0 aliphatic carbocycles. The molecule has 130 valence electrons. The Morgan fingerprint density at radius 2 is 1.88 bits per heavy atom. The third kappa shape index (κ3) is 5.72. The van der Waals surface area contributed by atoms with Crippen LogP contribution in [-0.4, -0.2) is 47.9 Å². The maximum Gasteiger partial charge on any atom is 0.340 e. The number of benzene rings is 1. The van der Waals surface area contributed by atoms with Crippen LogP contribution in [0.5, 0.6) is 0 Å². The first kappa shape index (κ1) is 18.1. The first-order valence-electron chi connectivity index (χ1n) is 7.63. The molecule has 0 spiro atoms. The number of pyridine rings is 1. The Labute approximate surface area is 145 Å². The molecule has 0 saturated heterocycles. The summed E-state index contributed by atoms with van der Waals surface area (Å²) in [4.78, 5) is 40.7. The highest BCUT2D eigenvalue weighted by atomic mass is 16.5. The van der Waals surface area contributed by atoms with Crippen molar-refractivity contribution in [3.63, 3.8) is 0 Å². The number of carbonyl (C=O) groups excluding carboxylic acids is 3. The molecule has 0 bridgehead atoms. The van der Waals surface area contributed by atoms with E-state index in [1.165, 1.54) is 24.3 Å². The van der Waals surface area contributed by atoms with Crippen LogP contribution in [-0.2, 0) is 14.3 Å². The molecule has 1 aromatic carbocycles. The van der Waals surface area contributed by atoms with Gasteiger partial charge in [0, 0.05) is 25.1 Å². The van der Waals surface area contributed by atoms with Crippen molar-refractivity contribution >= 4 is 23.5 Å². The molecule has 1 heterocycles. The number of hydrogen-bond acceptors (Lipinski definition) is 5. The van der Waals surface area contributed by atoms with Crippen molar-refractivity contribution in [3.05, 3.63) is 59.9 Å². The van der Waals surface area contributed by atoms with Crippen LogP contribution in [0, 0.1) is 6.92 Å². The lowest BCUT2D eigenvalue weighted by atomic mass is 10.2. The molecular formula is C18H19N3O4. The third-order valence-electron chi connectivity index (χ3n) is 3.37. The van der Waals surface area contributed by atoms with Gasteiger partial charge in [0.25, 0.3) is 5.91 Å². The fourth-order valence-corrected chi connectivity index (χ4v) is 1.95. The highest BCUT2D eigenvalue weighted by Crippen LogP contribution is 2.08. The van der Waals surface area contributed by atoms with Gasteiger partial charge in [-0.2, -0.15) is 0 Å². The normalized spacial score (nSPS) is 10.0. The minimum atomic E-state index is -0.640. The monoisotopic (exact) mass is 341 g/mol. The number of likely N-dealkylation sites (N-methyl/N-ethyl adjacent to an activating group) is 1. The number of nitrogens with zero attached hydrogens (tertiary/aromatic N) is 2. The number of rotatable bonds is 6. The van der Waals surface area contributed by atoms with Crippen LogP contribution < -0.4 is 5.32 Å². The number of anilines is 1. The first-order chi connectivity index (χ1) is 12.0. The Hall–Kier alpha value is -3.22. The molecule has 0 atom stereocenters. The van der Waals surface area contributed by atoms with E-state index in [2.05, 4.69) is 10.3 Å². The van der Waals surface area contributed by atoms with Crippen molar-refractivity contribution in [1.29, 1.82) is 0 Å². The van der Waals surface area contributed by atoms with Gasteiger partial charge in [0.2, 0.25) is 5.91 Å². The van der Waals surface area contributed by atoms with E-state index >= 15 is 0 Å². The quantitative estimate of drug-likeness (QED) is 0.807. The lowest BCUT2D eigenvalue weighted by Crippen LogP contribution is -2.37. The zero-order valence-corrected chi connectivity index (χ0v) is 14.1. The number of amides is 2. The molecule has 7 nitrogen and oxygen atoms in total. The maximum atomic E-state index is 12.0. The SMILES string of the molecule is Cc1ccc(NC(=O)CN(C)C(=O)COC(=O)c2cccnc2)cc1. The van der Waals surface area contributed by atoms with E-state index in [4.69, 9.17) is 4.74 Å². The zero-order valence-electron chi connectivity index (χ0n) is 14.1. The Bertz CT molecular complexity index is 745. The summed E-state index contributed by atoms with van der Waals surface area (Å²) < 4.78 is 4.92. The molecule has 0 unspecified atom stereocenters. The topological polar surface area (TPSA) is 88.6 Å². The van der Waals surface area contributed by atoms with Crippen LogP contribution in [0.15, 0.2) is 48.8 Å². The smallest absolute Gasteiger partial charge is 0.340 e. The average molecular weight is 341 g/mol. The van der Waals surface area contributed by atoms with Crippen molar-refractivity contribution in [3.8, 4) is 0 Å². The predicted molar refractivity (Wildman–Crippen MR) is 92.0 cm³/mol. The van der Waals surface area contributed by atoms with Crippen LogP contribution in [0.4, 0.5) is 5.69 Å². The minimum absolute atomic E-state index is 0.142. The summed E-state index contributed by atoms with van der Waals surface area (Å²) in [6.07, 6.45) is 2.88. The highest BCUT2D eigenvalue weighted by molar-refractivity contribution is 5.95. The van der Waals surface area contributed by atoms with Gasteiger partial charge in [0.05, 0.1) is 12.1 Å². The summed E-state index contributed by atoms with van der Waals surface area (Å²) in [5.41, 5.74) is 2.00. The molecule has 25 heavy (non-hydrogen) atoms. The summed E-state index contributed by atoms with van der Waals surface area (Å²) in [7, 11) is 1.47. The van der Waals surface area contributed by atoms with E-state index < -0.39 is 18.5 Å². The number of ether oxygens (including phenoxy) is 1. The second-order valence-corrected chi connectivity index (χ2v) is 5.48. The minimum Gasteiger partial charge on any atom is -0.452 e. The van der Waals surface area contributed by atoms with Gasteiger partial charge >= 0.3 is 5.97 Å². The van der Waals surface area contributed by atoms with Gasteiger partial charge in [-0.05, 0) is 31.2 Å². The summed E-state index contributed by atoms with van der Waals surface area (Å²) in [5, 5.41) is 2.70. The fourth-order valence-electron chi connectivity index (χ4n) is 1.95. The molecule has 1 N–H and O–H groups in total. The van der Waals surface area contributed by atoms with E-state index in [0.29, 0.717) is 5.69 Å². The molecule has 0 aliphatic rings. The molecule has 0 radical (unpaired) electrons. The molecule has 2 amide bonds. The van der Waals surface area contributed by atoms with Crippen molar-refractivity contribution < 1.29 is 19.1 Å². The standard InChI is InChI=1S/C18H19N3O4/c1-13-5-7-15(8-6-13)20-16(22)11-21(2)17(23)12-25-18(24)14-4-3-9-19-10-14/h3-10H,11-12H2,1-2H3,(H,20,22). The highest BCUT2D eigenvalue weighted by Gasteiger charge is 2.16. The van der Waals surface area contributed by atoms with E-state index in [1.807, 2.05) is 19.1 Å². The van der Waals surface area contributed by atoms with Gasteiger partial charge in [0.1, 0.15) is 0 Å².